The van der Waals surface area contributed by atoms with Gasteiger partial charge in [0, 0.05) is 17.9 Å². The maximum atomic E-state index is 8.86. The van der Waals surface area contributed by atoms with Gasteiger partial charge >= 0.3 is 0 Å². The number of nitrogens with zero attached hydrogens (tertiary/aromatic N) is 3. The van der Waals surface area contributed by atoms with Crippen molar-refractivity contribution < 1.29 is 0 Å². The van der Waals surface area contributed by atoms with E-state index in [1.807, 2.05) is 12.3 Å². The fourth-order valence-corrected chi connectivity index (χ4v) is 6.03. The van der Waals surface area contributed by atoms with Crippen LogP contribution in [0.1, 0.15) is 83.2 Å². The molecule has 0 amide bonds. The van der Waals surface area contributed by atoms with Crippen LogP contribution in [0.15, 0.2) is 23.4 Å². The standard InChI is InChI=1S/C24H36N4.C2H2/c1-17-20(11-14-24(2)13-5-4-8-21(17)24)22(25)23-26-15-12-18(27-23)9-10-19-7-6-16-28(19)3;1-2/h12,15,19,21,25H,4-11,13-14,16H2,1-3H3;1-2H/t19?,21-,24?;/m1./s1. The minimum absolute atomic E-state index is 0.447. The molecule has 1 aromatic heterocycles. The monoisotopic (exact) mass is 406 g/mol. The summed E-state index contributed by atoms with van der Waals surface area (Å²) in [6, 6.07) is 2.72. The quantitative estimate of drug-likeness (QED) is 0.524. The summed E-state index contributed by atoms with van der Waals surface area (Å²) >= 11 is 0. The molecule has 1 N–H and O–H groups in total. The lowest BCUT2D eigenvalue weighted by Crippen LogP contribution is -2.36. The normalized spacial score (nSPS) is 29.1. The highest BCUT2D eigenvalue weighted by Crippen LogP contribution is 2.52. The van der Waals surface area contributed by atoms with Crippen LogP contribution in [0.3, 0.4) is 0 Å². The largest absolute Gasteiger partial charge is 0.303 e. The molecule has 0 aromatic carbocycles. The van der Waals surface area contributed by atoms with Gasteiger partial charge in [-0.3, -0.25) is 5.41 Å². The number of aryl methyl sites for hydroxylation is 1. The Morgan fingerprint density at radius 3 is 2.77 bits per heavy atom. The SMILES string of the molecule is C#C.CC1=C(C(=N)c2nccc(CCC3CCCN3C)n2)CCC2(C)CCCC[C@H]12. The number of rotatable bonds is 5. The van der Waals surface area contributed by atoms with Crippen LogP contribution in [-0.2, 0) is 6.42 Å². The fraction of sp³-hybridized carbons (Fsp3) is 0.654. The van der Waals surface area contributed by atoms with E-state index in [1.165, 1.54) is 62.6 Å². The van der Waals surface area contributed by atoms with Crippen molar-refractivity contribution in [1.29, 1.82) is 5.41 Å². The number of likely N-dealkylation sites (tertiary alicyclic amines) is 1. The first-order chi connectivity index (χ1) is 14.5. The van der Waals surface area contributed by atoms with Gasteiger partial charge < -0.3 is 4.90 Å². The Balaban J connectivity index is 0.00000124. The summed E-state index contributed by atoms with van der Waals surface area (Å²) < 4.78 is 0. The number of aromatic nitrogens is 2. The molecule has 30 heavy (non-hydrogen) atoms. The molecule has 3 atom stereocenters. The topological polar surface area (TPSA) is 52.9 Å². The van der Waals surface area contributed by atoms with E-state index in [1.54, 1.807) is 0 Å². The highest BCUT2D eigenvalue weighted by atomic mass is 15.1. The summed E-state index contributed by atoms with van der Waals surface area (Å²) in [7, 11) is 2.23. The third-order valence-corrected chi connectivity index (χ3v) is 7.92. The molecule has 162 valence electrons. The Kier molecular flexibility index (Phi) is 7.47. The van der Waals surface area contributed by atoms with E-state index in [2.05, 4.69) is 43.6 Å². The molecule has 2 aliphatic carbocycles. The van der Waals surface area contributed by atoms with Crippen LogP contribution in [0, 0.1) is 29.6 Å². The van der Waals surface area contributed by atoms with Crippen LogP contribution in [-0.4, -0.2) is 40.2 Å². The molecule has 4 rings (SSSR count). The Morgan fingerprint density at radius 1 is 1.23 bits per heavy atom. The Labute approximate surface area is 183 Å². The fourth-order valence-electron chi connectivity index (χ4n) is 6.03. The summed E-state index contributed by atoms with van der Waals surface area (Å²) in [5, 5.41) is 8.86. The Hall–Kier alpha value is -1.99. The molecule has 0 spiro atoms. The number of hydrogen-bond donors (Lipinski definition) is 1. The van der Waals surface area contributed by atoms with Crippen molar-refractivity contribution in [1.82, 2.24) is 14.9 Å². The molecule has 1 saturated carbocycles. The predicted molar refractivity (Wildman–Crippen MR) is 125 cm³/mol. The van der Waals surface area contributed by atoms with Crippen LogP contribution in [0.25, 0.3) is 0 Å². The molecule has 0 radical (unpaired) electrons. The van der Waals surface area contributed by atoms with Crippen molar-refractivity contribution in [3.63, 3.8) is 0 Å². The first kappa shape index (κ1) is 22.7. The van der Waals surface area contributed by atoms with Crippen molar-refractivity contribution in [3.8, 4) is 12.8 Å². The second-order valence-electron chi connectivity index (χ2n) is 9.68. The molecule has 0 bridgehead atoms. The van der Waals surface area contributed by atoms with Crippen LogP contribution in [0.2, 0.25) is 0 Å². The molecule has 2 heterocycles. The molecule has 4 heteroatoms. The number of terminal acetylenes is 1. The van der Waals surface area contributed by atoms with Crippen LogP contribution >= 0.6 is 0 Å². The summed E-state index contributed by atoms with van der Waals surface area (Å²) in [6.07, 6.45) is 22.2. The summed E-state index contributed by atoms with van der Waals surface area (Å²) in [5.41, 5.74) is 4.77. The van der Waals surface area contributed by atoms with Gasteiger partial charge in [-0.25, -0.2) is 9.97 Å². The van der Waals surface area contributed by atoms with Crippen molar-refractivity contribution in [2.45, 2.75) is 84.1 Å². The molecular weight excluding hydrogens is 368 g/mol. The van der Waals surface area contributed by atoms with Crippen molar-refractivity contribution in [3.05, 3.63) is 34.9 Å². The van der Waals surface area contributed by atoms with Gasteiger partial charge in [-0.2, -0.15) is 0 Å². The predicted octanol–water partition coefficient (Wildman–Crippen LogP) is 5.43. The third-order valence-electron chi connectivity index (χ3n) is 7.92. The molecule has 2 fully saturated rings. The number of fused-ring (bicyclic) bond motifs is 1. The van der Waals surface area contributed by atoms with Gasteiger partial charge in [0.15, 0.2) is 5.82 Å². The zero-order valence-electron chi connectivity index (χ0n) is 19.1. The number of hydrogen-bond acceptors (Lipinski definition) is 4. The summed E-state index contributed by atoms with van der Waals surface area (Å²) in [4.78, 5) is 11.8. The molecule has 1 aromatic rings. The third kappa shape index (κ3) is 4.67. The van der Waals surface area contributed by atoms with Gasteiger partial charge in [-0.15, -0.1) is 12.8 Å². The average Bonchev–Trinajstić information content (AvgIpc) is 3.18. The lowest BCUT2D eigenvalue weighted by Gasteiger charge is -2.46. The van der Waals surface area contributed by atoms with Crippen molar-refractivity contribution in [2.24, 2.45) is 11.3 Å². The van der Waals surface area contributed by atoms with Crippen molar-refractivity contribution in [2.75, 3.05) is 13.6 Å². The zero-order chi connectivity index (χ0) is 21.7. The summed E-state index contributed by atoms with van der Waals surface area (Å²) in [6.45, 7) is 5.97. The van der Waals surface area contributed by atoms with E-state index in [9.17, 15) is 0 Å². The van der Waals surface area contributed by atoms with Gasteiger partial charge in [0.05, 0.1) is 0 Å². The van der Waals surface area contributed by atoms with Gasteiger partial charge in [-0.05, 0) is 94.9 Å². The van der Waals surface area contributed by atoms with Crippen LogP contribution in [0.5, 0.6) is 0 Å². The highest BCUT2D eigenvalue weighted by Gasteiger charge is 2.41. The lowest BCUT2D eigenvalue weighted by molar-refractivity contribution is 0.120. The number of nitrogens with one attached hydrogen (secondary N) is 1. The Morgan fingerprint density at radius 2 is 2.03 bits per heavy atom. The minimum atomic E-state index is 0.447. The molecular formula is C26H38N4. The minimum Gasteiger partial charge on any atom is -0.303 e. The maximum Gasteiger partial charge on any atom is 0.177 e. The summed E-state index contributed by atoms with van der Waals surface area (Å²) in [5.74, 6) is 1.28. The average molecular weight is 407 g/mol. The molecule has 3 aliphatic rings. The zero-order valence-corrected chi connectivity index (χ0v) is 19.1. The second kappa shape index (κ2) is 9.88. The number of allylic oxidation sites excluding steroid dienone is 2. The van der Waals surface area contributed by atoms with Crippen LogP contribution in [0.4, 0.5) is 0 Å². The van der Waals surface area contributed by atoms with E-state index >= 15 is 0 Å². The molecule has 1 saturated heterocycles. The second-order valence-corrected chi connectivity index (χ2v) is 9.68. The lowest BCUT2D eigenvalue weighted by atomic mass is 9.58. The van der Waals surface area contributed by atoms with Gasteiger partial charge in [0.2, 0.25) is 0 Å². The van der Waals surface area contributed by atoms with E-state index in [0.29, 0.717) is 28.9 Å². The highest BCUT2D eigenvalue weighted by molar-refractivity contribution is 6.08. The molecule has 4 nitrogen and oxygen atoms in total. The smallest absolute Gasteiger partial charge is 0.177 e. The first-order valence-corrected chi connectivity index (χ1v) is 11.6. The van der Waals surface area contributed by atoms with E-state index < -0.39 is 0 Å². The molecule has 1 aliphatic heterocycles. The van der Waals surface area contributed by atoms with Gasteiger partial charge in [0.25, 0.3) is 0 Å². The first-order valence-electron chi connectivity index (χ1n) is 11.6. The molecule has 2 unspecified atom stereocenters. The van der Waals surface area contributed by atoms with Gasteiger partial charge in [0.1, 0.15) is 5.71 Å². The van der Waals surface area contributed by atoms with Crippen LogP contribution < -0.4 is 0 Å². The van der Waals surface area contributed by atoms with Crippen molar-refractivity contribution >= 4 is 5.71 Å². The Bertz CT molecular complexity index is 808. The van der Waals surface area contributed by atoms with E-state index in [-0.39, 0.29) is 0 Å². The van der Waals surface area contributed by atoms with E-state index in [0.717, 1.165) is 25.0 Å². The maximum absolute atomic E-state index is 8.86. The van der Waals surface area contributed by atoms with E-state index in [4.69, 9.17) is 10.4 Å². The van der Waals surface area contributed by atoms with Gasteiger partial charge in [-0.1, -0.05) is 25.3 Å².